The fourth-order valence-corrected chi connectivity index (χ4v) is 2.16. The third kappa shape index (κ3) is 2.82. The fraction of sp³-hybridized carbons (Fsp3) is 0.308. The third-order valence-corrected chi connectivity index (χ3v) is 3.24. The SMILES string of the molecule is Cc1c(CNC(=O)CCS)oc2ccc(Cl)cc12. The Morgan fingerprint density at radius 2 is 2.28 bits per heavy atom. The summed E-state index contributed by atoms with van der Waals surface area (Å²) in [5.41, 5.74) is 1.80. The summed E-state index contributed by atoms with van der Waals surface area (Å²) in [6.45, 7) is 2.35. The molecule has 0 saturated carbocycles. The first kappa shape index (κ1) is 13.3. The van der Waals surface area contributed by atoms with E-state index in [4.69, 9.17) is 16.0 Å². The maximum atomic E-state index is 11.4. The molecule has 0 aliphatic rings. The zero-order chi connectivity index (χ0) is 13.1. The molecule has 0 aliphatic heterocycles. The molecule has 0 aliphatic carbocycles. The first-order valence-electron chi connectivity index (χ1n) is 5.67. The highest BCUT2D eigenvalue weighted by Gasteiger charge is 2.11. The number of benzene rings is 1. The van der Waals surface area contributed by atoms with E-state index in [0.29, 0.717) is 23.7 Å². The van der Waals surface area contributed by atoms with Crippen LogP contribution in [0.4, 0.5) is 0 Å². The van der Waals surface area contributed by atoms with Gasteiger partial charge in [0, 0.05) is 22.4 Å². The molecule has 0 saturated heterocycles. The Bertz CT molecular complexity index is 580. The quantitative estimate of drug-likeness (QED) is 0.845. The van der Waals surface area contributed by atoms with Crippen LogP contribution in [0.2, 0.25) is 5.02 Å². The van der Waals surface area contributed by atoms with Gasteiger partial charge in [-0.3, -0.25) is 4.79 Å². The Morgan fingerprint density at radius 1 is 1.50 bits per heavy atom. The van der Waals surface area contributed by atoms with Gasteiger partial charge in [-0.15, -0.1) is 0 Å². The van der Waals surface area contributed by atoms with Crippen LogP contribution < -0.4 is 5.32 Å². The van der Waals surface area contributed by atoms with Crippen LogP contribution >= 0.6 is 24.2 Å². The molecule has 0 bridgehead atoms. The molecule has 1 heterocycles. The van der Waals surface area contributed by atoms with Crippen LogP contribution in [0.1, 0.15) is 17.7 Å². The van der Waals surface area contributed by atoms with Crippen molar-refractivity contribution in [3.05, 3.63) is 34.5 Å². The first-order valence-corrected chi connectivity index (χ1v) is 6.68. The topological polar surface area (TPSA) is 42.2 Å². The minimum absolute atomic E-state index is 0.0251. The van der Waals surface area contributed by atoms with Gasteiger partial charge in [-0.2, -0.15) is 12.6 Å². The summed E-state index contributed by atoms with van der Waals surface area (Å²) < 4.78 is 5.69. The summed E-state index contributed by atoms with van der Waals surface area (Å²) >= 11 is 9.96. The van der Waals surface area contributed by atoms with Crippen molar-refractivity contribution in [1.82, 2.24) is 5.32 Å². The first-order chi connectivity index (χ1) is 8.61. The molecular formula is C13H14ClNO2S. The van der Waals surface area contributed by atoms with Crippen LogP contribution in [-0.2, 0) is 11.3 Å². The summed E-state index contributed by atoms with van der Waals surface area (Å²) in [7, 11) is 0. The molecule has 1 amide bonds. The van der Waals surface area contributed by atoms with E-state index in [0.717, 1.165) is 22.3 Å². The lowest BCUT2D eigenvalue weighted by Gasteiger charge is -2.02. The van der Waals surface area contributed by atoms with Crippen molar-refractivity contribution in [3.63, 3.8) is 0 Å². The third-order valence-electron chi connectivity index (χ3n) is 2.78. The number of rotatable bonds is 4. The molecule has 3 nitrogen and oxygen atoms in total. The van der Waals surface area contributed by atoms with E-state index >= 15 is 0 Å². The number of hydrogen-bond donors (Lipinski definition) is 2. The Hall–Kier alpha value is -1.13. The molecule has 1 N–H and O–H groups in total. The fourth-order valence-electron chi connectivity index (χ4n) is 1.78. The maximum absolute atomic E-state index is 11.4. The molecule has 0 fully saturated rings. The average Bonchev–Trinajstić information content (AvgIpc) is 2.64. The van der Waals surface area contributed by atoms with Gasteiger partial charge in [0.05, 0.1) is 6.54 Å². The second kappa shape index (κ2) is 5.67. The number of aryl methyl sites for hydroxylation is 1. The van der Waals surface area contributed by atoms with E-state index in [-0.39, 0.29) is 5.91 Å². The predicted octanol–water partition coefficient (Wildman–Crippen LogP) is 3.33. The lowest BCUT2D eigenvalue weighted by Crippen LogP contribution is -2.22. The lowest BCUT2D eigenvalue weighted by molar-refractivity contribution is -0.120. The highest BCUT2D eigenvalue weighted by Crippen LogP contribution is 2.27. The smallest absolute Gasteiger partial charge is 0.221 e. The molecule has 0 radical (unpaired) electrons. The molecule has 5 heteroatoms. The standard InChI is InChI=1S/C13H14ClNO2S/c1-8-10-6-9(14)2-3-11(10)17-12(8)7-15-13(16)4-5-18/h2-3,6,18H,4-5,7H2,1H3,(H,15,16). The molecule has 2 aromatic rings. The molecule has 96 valence electrons. The Kier molecular flexibility index (Phi) is 4.19. The molecule has 0 spiro atoms. The number of furan rings is 1. The molecule has 18 heavy (non-hydrogen) atoms. The second-order valence-corrected chi connectivity index (χ2v) is 4.92. The van der Waals surface area contributed by atoms with Crippen LogP contribution in [0.3, 0.4) is 0 Å². The number of hydrogen-bond acceptors (Lipinski definition) is 3. The van der Waals surface area contributed by atoms with E-state index in [1.54, 1.807) is 6.07 Å². The minimum Gasteiger partial charge on any atom is -0.459 e. The number of fused-ring (bicyclic) bond motifs is 1. The van der Waals surface area contributed by atoms with Crippen molar-refractivity contribution in [2.45, 2.75) is 19.9 Å². The maximum Gasteiger partial charge on any atom is 0.221 e. The van der Waals surface area contributed by atoms with Gasteiger partial charge in [0.2, 0.25) is 5.91 Å². The molecular weight excluding hydrogens is 270 g/mol. The number of amides is 1. The van der Waals surface area contributed by atoms with Gasteiger partial charge >= 0.3 is 0 Å². The van der Waals surface area contributed by atoms with Crippen molar-refractivity contribution < 1.29 is 9.21 Å². The van der Waals surface area contributed by atoms with Crippen LogP contribution in [0.15, 0.2) is 22.6 Å². The summed E-state index contributed by atoms with van der Waals surface area (Å²) in [4.78, 5) is 11.4. The van der Waals surface area contributed by atoms with Gasteiger partial charge in [-0.1, -0.05) is 11.6 Å². The van der Waals surface area contributed by atoms with Gasteiger partial charge < -0.3 is 9.73 Å². The minimum atomic E-state index is -0.0251. The van der Waals surface area contributed by atoms with Crippen molar-refractivity contribution in [2.75, 3.05) is 5.75 Å². The number of halogens is 1. The Balaban J connectivity index is 2.19. The zero-order valence-electron chi connectivity index (χ0n) is 10.00. The van der Waals surface area contributed by atoms with E-state index in [9.17, 15) is 4.79 Å². The highest BCUT2D eigenvalue weighted by molar-refractivity contribution is 7.80. The summed E-state index contributed by atoms with van der Waals surface area (Å²) in [5, 5.41) is 4.47. The van der Waals surface area contributed by atoms with Gasteiger partial charge in [0.25, 0.3) is 0 Å². The van der Waals surface area contributed by atoms with Crippen LogP contribution in [0, 0.1) is 6.92 Å². The monoisotopic (exact) mass is 283 g/mol. The Morgan fingerprint density at radius 3 is 3.00 bits per heavy atom. The summed E-state index contributed by atoms with van der Waals surface area (Å²) in [5.74, 6) is 1.28. The van der Waals surface area contributed by atoms with Crippen LogP contribution in [0.5, 0.6) is 0 Å². The van der Waals surface area contributed by atoms with E-state index in [2.05, 4.69) is 17.9 Å². The van der Waals surface area contributed by atoms with Crippen molar-refractivity contribution in [2.24, 2.45) is 0 Å². The van der Waals surface area contributed by atoms with E-state index < -0.39 is 0 Å². The number of thiol groups is 1. The molecule has 2 rings (SSSR count). The second-order valence-electron chi connectivity index (χ2n) is 4.04. The van der Waals surface area contributed by atoms with Crippen LogP contribution in [0.25, 0.3) is 11.0 Å². The predicted molar refractivity (Wildman–Crippen MR) is 76.3 cm³/mol. The molecule has 1 aromatic heterocycles. The largest absolute Gasteiger partial charge is 0.459 e. The van der Waals surface area contributed by atoms with Gasteiger partial charge in [-0.05, 0) is 30.9 Å². The summed E-state index contributed by atoms with van der Waals surface area (Å²) in [6, 6.07) is 5.49. The number of carbonyl (C=O) groups excluding carboxylic acids is 1. The lowest BCUT2D eigenvalue weighted by atomic mass is 10.1. The highest BCUT2D eigenvalue weighted by atomic mass is 35.5. The van der Waals surface area contributed by atoms with Crippen LogP contribution in [-0.4, -0.2) is 11.7 Å². The van der Waals surface area contributed by atoms with E-state index in [1.165, 1.54) is 0 Å². The Labute approximate surface area is 116 Å². The van der Waals surface area contributed by atoms with Gasteiger partial charge in [-0.25, -0.2) is 0 Å². The molecule has 0 atom stereocenters. The zero-order valence-corrected chi connectivity index (χ0v) is 11.6. The molecule has 1 aromatic carbocycles. The normalized spacial score (nSPS) is 10.8. The number of carbonyl (C=O) groups is 1. The van der Waals surface area contributed by atoms with E-state index in [1.807, 2.05) is 19.1 Å². The van der Waals surface area contributed by atoms with Crippen molar-refractivity contribution in [1.29, 1.82) is 0 Å². The summed E-state index contributed by atoms with van der Waals surface area (Å²) in [6.07, 6.45) is 0.411. The average molecular weight is 284 g/mol. The molecule has 0 unspecified atom stereocenters. The van der Waals surface area contributed by atoms with Crippen molar-refractivity contribution in [3.8, 4) is 0 Å². The van der Waals surface area contributed by atoms with Crippen molar-refractivity contribution >= 4 is 41.1 Å². The van der Waals surface area contributed by atoms with Gasteiger partial charge in [0.1, 0.15) is 11.3 Å². The number of nitrogens with one attached hydrogen (secondary N) is 1. The van der Waals surface area contributed by atoms with Gasteiger partial charge in [0.15, 0.2) is 0 Å².